The SMILES string of the molecule is Clc1ccc2c3c(cccc13)N(c1cc(-c3ccccc3)nc(-c3ccccc3)n1)c1ccccc1-2. The van der Waals surface area contributed by atoms with Crippen LogP contribution in [0, 0.1) is 0 Å². The number of rotatable bonds is 3. The van der Waals surface area contributed by atoms with Crippen LogP contribution in [0.15, 0.2) is 121 Å². The summed E-state index contributed by atoms with van der Waals surface area (Å²) in [4.78, 5) is 12.3. The van der Waals surface area contributed by atoms with E-state index in [1.165, 1.54) is 5.56 Å². The number of anilines is 3. The van der Waals surface area contributed by atoms with E-state index in [0.29, 0.717) is 5.82 Å². The fourth-order valence-electron chi connectivity index (χ4n) is 5.06. The third-order valence-corrected chi connectivity index (χ3v) is 7.01. The topological polar surface area (TPSA) is 29.0 Å². The highest BCUT2D eigenvalue weighted by molar-refractivity contribution is 6.37. The van der Waals surface area contributed by atoms with E-state index >= 15 is 0 Å². The van der Waals surface area contributed by atoms with Gasteiger partial charge in [-0.15, -0.1) is 0 Å². The summed E-state index contributed by atoms with van der Waals surface area (Å²) in [6, 6.07) is 41.3. The fraction of sp³-hybridized carbons (Fsp3) is 0. The number of halogens is 1. The highest BCUT2D eigenvalue weighted by atomic mass is 35.5. The van der Waals surface area contributed by atoms with E-state index in [9.17, 15) is 0 Å². The number of aromatic nitrogens is 2. The molecule has 5 aromatic carbocycles. The van der Waals surface area contributed by atoms with Gasteiger partial charge in [0.05, 0.1) is 17.1 Å². The Morgan fingerprint density at radius 2 is 1.25 bits per heavy atom. The molecule has 4 heteroatoms. The Bertz CT molecular complexity index is 1690. The predicted molar refractivity (Wildman–Crippen MR) is 149 cm³/mol. The second kappa shape index (κ2) is 8.33. The van der Waals surface area contributed by atoms with Crippen LogP contribution in [0.1, 0.15) is 0 Å². The molecule has 0 atom stereocenters. The van der Waals surface area contributed by atoms with E-state index in [0.717, 1.165) is 55.4 Å². The van der Waals surface area contributed by atoms with Gasteiger partial charge in [0.25, 0.3) is 0 Å². The lowest BCUT2D eigenvalue weighted by Crippen LogP contribution is -2.17. The van der Waals surface area contributed by atoms with Gasteiger partial charge >= 0.3 is 0 Å². The van der Waals surface area contributed by atoms with Crippen molar-refractivity contribution in [3.8, 4) is 33.8 Å². The zero-order chi connectivity index (χ0) is 24.1. The summed E-state index contributed by atoms with van der Waals surface area (Å²) < 4.78 is 0. The molecular weight excluding hydrogens is 462 g/mol. The maximum Gasteiger partial charge on any atom is 0.162 e. The summed E-state index contributed by atoms with van der Waals surface area (Å²) in [6.45, 7) is 0. The van der Waals surface area contributed by atoms with Crippen LogP contribution in [0.5, 0.6) is 0 Å². The maximum absolute atomic E-state index is 6.67. The van der Waals surface area contributed by atoms with Crippen LogP contribution in [-0.2, 0) is 0 Å². The number of para-hydroxylation sites is 1. The molecule has 0 spiro atoms. The van der Waals surface area contributed by atoms with E-state index in [1.807, 2.05) is 54.6 Å². The Labute approximate surface area is 214 Å². The maximum atomic E-state index is 6.67. The van der Waals surface area contributed by atoms with Gasteiger partial charge in [-0.25, -0.2) is 9.97 Å². The molecule has 0 aliphatic carbocycles. The first-order valence-corrected chi connectivity index (χ1v) is 12.3. The normalized spacial score (nSPS) is 12.0. The molecule has 0 bridgehead atoms. The lowest BCUT2D eigenvalue weighted by molar-refractivity contribution is 1.12. The molecule has 0 fully saturated rings. The summed E-state index contributed by atoms with van der Waals surface area (Å²) in [5, 5.41) is 2.91. The molecule has 0 N–H and O–H groups in total. The van der Waals surface area contributed by atoms with Crippen LogP contribution in [0.4, 0.5) is 17.2 Å². The van der Waals surface area contributed by atoms with Crippen molar-refractivity contribution >= 4 is 39.6 Å². The van der Waals surface area contributed by atoms with Gasteiger partial charge in [0.15, 0.2) is 5.82 Å². The van der Waals surface area contributed by atoms with Crippen LogP contribution >= 0.6 is 11.6 Å². The lowest BCUT2D eigenvalue weighted by atomic mass is 9.91. The number of hydrogen-bond donors (Lipinski definition) is 0. The molecule has 36 heavy (non-hydrogen) atoms. The van der Waals surface area contributed by atoms with Crippen molar-refractivity contribution in [1.82, 2.24) is 9.97 Å². The number of fused-ring (bicyclic) bond motifs is 2. The van der Waals surface area contributed by atoms with Gasteiger partial charge in [0, 0.05) is 38.6 Å². The quantitative estimate of drug-likeness (QED) is 0.252. The highest BCUT2D eigenvalue weighted by Crippen LogP contribution is 2.51. The van der Waals surface area contributed by atoms with Gasteiger partial charge in [-0.1, -0.05) is 109 Å². The molecule has 6 aromatic rings. The van der Waals surface area contributed by atoms with Gasteiger partial charge in [-0.3, -0.25) is 4.90 Å². The summed E-state index contributed by atoms with van der Waals surface area (Å²) in [5.74, 6) is 1.50. The molecular formula is C32H20ClN3. The first kappa shape index (κ1) is 20.9. The van der Waals surface area contributed by atoms with Crippen LogP contribution in [0.2, 0.25) is 5.02 Å². The van der Waals surface area contributed by atoms with E-state index in [-0.39, 0.29) is 0 Å². The van der Waals surface area contributed by atoms with Gasteiger partial charge in [0.1, 0.15) is 5.82 Å². The van der Waals surface area contributed by atoms with Gasteiger partial charge < -0.3 is 0 Å². The Hall–Kier alpha value is -4.47. The lowest BCUT2D eigenvalue weighted by Gasteiger charge is -2.33. The summed E-state index contributed by atoms with van der Waals surface area (Å²) in [5.41, 5.74) is 7.36. The van der Waals surface area contributed by atoms with Gasteiger partial charge in [-0.2, -0.15) is 0 Å². The third-order valence-electron chi connectivity index (χ3n) is 6.68. The minimum absolute atomic E-state index is 0.688. The zero-order valence-corrected chi connectivity index (χ0v) is 20.0. The van der Waals surface area contributed by atoms with E-state index in [2.05, 4.69) is 71.6 Å². The molecule has 1 aliphatic heterocycles. The summed E-state index contributed by atoms with van der Waals surface area (Å²) in [7, 11) is 0. The van der Waals surface area contributed by atoms with Crippen LogP contribution in [-0.4, -0.2) is 9.97 Å². The van der Waals surface area contributed by atoms with E-state index in [4.69, 9.17) is 21.6 Å². The minimum Gasteiger partial charge on any atom is -0.294 e. The van der Waals surface area contributed by atoms with E-state index < -0.39 is 0 Å². The fourth-order valence-corrected chi connectivity index (χ4v) is 5.28. The Morgan fingerprint density at radius 1 is 0.556 bits per heavy atom. The molecule has 0 unspecified atom stereocenters. The summed E-state index contributed by atoms with van der Waals surface area (Å²) in [6.07, 6.45) is 0. The first-order chi connectivity index (χ1) is 17.8. The second-order valence-electron chi connectivity index (χ2n) is 8.81. The van der Waals surface area contributed by atoms with Crippen molar-refractivity contribution in [2.75, 3.05) is 4.90 Å². The van der Waals surface area contributed by atoms with Crippen molar-refractivity contribution in [2.24, 2.45) is 0 Å². The van der Waals surface area contributed by atoms with Crippen molar-refractivity contribution in [1.29, 1.82) is 0 Å². The van der Waals surface area contributed by atoms with Crippen LogP contribution in [0.25, 0.3) is 44.5 Å². The second-order valence-corrected chi connectivity index (χ2v) is 9.22. The van der Waals surface area contributed by atoms with Crippen molar-refractivity contribution in [2.45, 2.75) is 0 Å². The monoisotopic (exact) mass is 481 g/mol. The average molecular weight is 482 g/mol. The largest absolute Gasteiger partial charge is 0.294 e. The van der Waals surface area contributed by atoms with Crippen molar-refractivity contribution in [3.05, 3.63) is 126 Å². The molecule has 170 valence electrons. The predicted octanol–water partition coefficient (Wildman–Crippen LogP) is 9.07. The van der Waals surface area contributed by atoms with Gasteiger partial charge in [-0.05, 0) is 23.8 Å². The molecule has 0 saturated heterocycles. The number of nitrogens with zero attached hydrogens (tertiary/aromatic N) is 3. The molecule has 1 aromatic heterocycles. The zero-order valence-electron chi connectivity index (χ0n) is 19.3. The molecule has 3 nitrogen and oxygen atoms in total. The molecule has 1 aliphatic rings. The minimum atomic E-state index is 0.688. The highest BCUT2D eigenvalue weighted by Gasteiger charge is 2.28. The van der Waals surface area contributed by atoms with E-state index in [1.54, 1.807) is 0 Å². The van der Waals surface area contributed by atoms with Crippen LogP contribution in [0.3, 0.4) is 0 Å². The Balaban J connectivity index is 1.55. The third kappa shape index (κ3) is 3.29. The molecule has 0 radical (unpaired) electrons. The molecule has 0 amide bonds. The smallest absolute Gasteiger partial charge is 0.162 e. The van der Waals surface area contributed by atoms with Gasteiger partial charge in [0.2, 0.25) is 0 Å². The Kier molecular flexibility index (Phi) is 4.83. The first-order valence-electron chi connectivity index (χ1n) is 11.9. The molecule has 7 rings (SSSR count). The van der Waals surface area contributed by atoms with Crippen molar-refractivity contribution in [3.63, 3.8) is 0 Å². The molecule has 2 heterocycles. The number of hydrogen-bond acceptors (Lipinski definition) is 3. The molecule has 0 saturated carbocycles. The Morgan fingerprint density at radius 3 is 2.06 bits per heavy atom. The summed E-state index contributed by atoms with van der Waals surface area (Å²) >= 11 is 6.67. The average Bonchev–Trinajstić information content (AvgIpc) is 2.95. The van der Waals surface area contributed by atoms with Crippen molar-refractivity contribution < 1.29 is 0 Å². The van der Waals surface area contributed by atoms with Crippen LogP contribution < -0.4 is 4.90 Å². The number of benzene rings is 5. The standard InChI is InChI=1S/C32H20ClN3/c33-26-19-18-24-23-14-7-8-16-28(23)36(29-17-9-15-25(26)31(24)29)30-20-27(21-10-3-1-4-11-21)34-32(35-30)22-12-5-2-6-13-22/h1-20H.